The number of carbonyl (C=O) groups is 1. The molecule has 1 aromatic heterocycles. The number of benzene rings is 2. The number of nitrogens with one attached hydrogen (secondary N) is 1. The highest BCUT2D eigenvalue weighted by Crippen LogP contribution is 2.39. The molecule has 27 heavy (non-hydrogen) atoms. The van der Waals surface area contributed by atoms with Gasteiger partial charge in [-0.3, -0.25) is 0 Å². The molecule has 3 rings (SSSR count). The lowest BCUT2D eigenvalue weighted by molar-refractivity contribution is 0.187. The van der Waals surface area contributed by atoms with E-state index in [9.17, 15) is 9.90 Å². The highest BCUT2D eigenvalue weighted by molar-refractivity contribution is 9.10. The molecule has 1 heterocycles. The van der Waals surface area contributed by atoms with Gasteiger partial charge >= 0.3 is 6.09 Å². The Morgan fingerprint density at radius 2 is 1.85 bits per heavy atom. The number of hydrogen-bond donors (Lipinski definition) is 2. The Hall–Kier alpha value is -2.80. The molecule has 0 aliphatic heterocycles. The Balaban J connectivity index is 2.19. The van der Waals surface area contributed by atoms with E-state index in [4.69, 9.17) is 9.26 Å². The van der Waals surface area contributed by atoms with E-state index in [1.54, 1.807) is 38.3 Å². The molecule has 1 amide bonds. The molecule has 0 bridgehead atoms. The van der Waals surface area contributed by atoms with E-state index in [0.29, 0.717) is 28.3 Å². The monoisotopic (exact) mass is 429 g/mol. The summed E-state index contributed by atoms with van der Waals surface area (Å²) in [6.07, 6.45) is -1.21. The third-order valence-electron chi connectivity index (χ3n) is 4.30. The maximum absolute atomic E-state index is 11.6. The second-order valence-electron chi connectivity index (χ2n) is 6.04. The molecule has 0 spiro atoms. The number of ether oxygens (including phenoxy) is 1. The Morgan fingerprint density at radius 1 is 1.22 bits per heavy atom. The summed E-state index contributed by atoms with van der Waals surface area (Å²) in [5.74, 6) is 1.12. The van der Waals surface area contributed by atoms with E-state index in [1.807, 2.05) is 24.3 Å². The number of methoxy groups -OCH3 is 1. The van der Waals surface area contributed by atoms with Crippen molar-refractivity contribution in [2.45, 2.75) is 12.5 Å². The molecule has 139 valence electrons. The Morgan fingerprint density at radius 3 is 2.41 bits per heavy atom. The fourth-order valence-electron chi connectivity index (χ4n) is 3.01. The van der Waals surface area contributed by atoms with Gasteiger partial charge in [-0.05, 0) is 43.7 Å². The van der Waals surface area contributed by atoms with Crippen LogP contribution >= 0.6 is 15.9 Å². The van der Waals surface area contributed by atoms with Crippen LogP contribution in [-0.2, 0) is 5.54 Å². The topological polar surface area (TPSA) is 84.6 Å². The Labute approximate surface area is 165 Å². The summed E-state index contributed by atoms with van der Waals surface area (Å²) in [5.41, 5.74) is 1.19. The molecular weight excluding hydrogens is 412 g/mol. The summed E-state index contributed by atoms with van der Waals surface area (Å²) < 4.78 is 11.7. The molecule has 2 aromatic carbocycles. The molecule has 1 radical (unpaired) electrons. The van der Waals surface area contributed by atoms with Crippen LogP contribution in [0.2, 0.25) is 0 Å². The molecule has 0 saturated heterocycles. The lowest BCUT2D eigenvalue weighted by Gasteiger charge is -2.30. The predicted octanol–water partition coefficient (Wildman–Crippen LogP) is 4.77. The molecule has 1 unspecified atom stereocenters. The average molecular weight is 430 g/mol. The lowest BCUT2D eigenvalue weighted by atomic mass is 9.82. The van der Waals surface area contributed by atoms with Crippen LogP contribution in [0.4, 0.5) is 4.79 Å². The molecule has 0 aliphatic carbocycles. The number of aromatic nitrogens is 1. The number of aryl methyl sites for hydroxylation is 1. The standard InChI is InChI=1S/C20H18BrN2O4/c1-12-17(18(27-23-12)13-4-8-15(21)9-5-13)20(2,22-19(24)25)14-6-10-16(26-3)11-7-14/h4-11,22H,2H2,1,3H3,(H,24,25). The van der Waals surface area contributed by atoms with Gasteiger partial charge in [-0.25, -0.2) is 4.79 Å². The highest BCUT2D eigenvalue weighted by atomic mass is 79.9. The van der Waals surface area contributed by atoms with Gasteiger partial charge in [0.1, 0.15) is 5.75 Å². The Kier molecular flexibility index (Phi) is 5.23. The second-order valence-corrected chi connectivity index (χ2v) is 6.96. The van der Waals surface area contributed by atoms with Gasteiger partial charge in [0.05, 0.1) is 23.9 Å². The van der Waals surface area contributed by atoms with Gasteiger partial charge in [-0.15, -0.1) is 0 Å². The molecule has 0 saturated carbocycles. The smallest absolute Gasteiger partial charge is 0.405 e. The summed E-state index contributed by atoms with van der Waals surface area (Å²) in [4.78, 5) is 11.6. The zero-order valence-corrected chi connectivity index (χ0v) is 16.4. The van der Waals surface area contributed by atoms with Gasteiger partial charge < -0.3 is 19.7 Å². The number of hydrogen-bond acceptors (Lipinski definition) is 4. The maximum atomic E-state index is 11.6. The van der Waals surface area contributed by atoms with E-state index in [-0.39, 0.29) is 0 Å². The largest absolute Gasteiger partial charge is 0.497 e. The van der Waals surface area contributed by atoms with Crippen molar-refractivity contribution >= 4 is 22.0 Å². The third kappa shape index (κ3) is 3.68. The molecule has 2 N–H and O–H groups in total. The SMILES string of the molecule is [CH2]C(NC(=O)O)(c1ccc(OC)cc1)c1c(C)noc1-c1ccc(Br)cc1. The number of rotatable bonds is 5. The van der Waals surface area contributed by atoms with Crippen molar-refractivity contribution in [2.75, 3.05) is 7.11 Å². The van der Waals surface area contributed by atoms with E-state index in [2.05, 4.69) is 33.3 Å². The van der Waals surface area contributed by atoms with E-state index < -0.39 is 11.6 Å². The fraction of sp³-hybridized carbons (Fsp3) is 0.150. The lowest BCUT2D eigenvalue weighted by Crippen LogP contribution is -2.44. The van der Waals surface area contributed by atoms with Crippen molar-refractivity contribution in [3.8, 4) is 17.1 Å². The van der Waals surface area contributed by atoms with Crippen molar-refractivity contribution in [3.63, 3.8) is 0 Å². The van der Waals surface area contributed by atoms with E-state index in [0.717, 1.165) is 10.0 Å². The molecule has 0 fully saturated rings. The first-order chi connectivity index (χ1) is 12.8. The molecule has 6 nitrogen and oxygen atoms in total. The zero-order chi connectivity index (χ0) is 19.6. The summed E-state index contributed by atoms with van der Waals surface area (Å²) in [6.45, 7) is 5.96. The second kappa shape index (κ2) is 7.44. The highest BCUT2D eigenvalue weighted by Gasteiger charge is 2.38. The van der Waals surface area contributed by atoms with Crippen LogP contribution < -0.4 is 10.1 Å². The van der Waals surface area contributed by atoms with Gasteiger partial charge in [-0.1, -0.05) is 45.4 Å². The third-order valence-corrected chi connectivity index (χ3v) is 4.83. The quantitative estimate of drug-likeness (QED) is 0.610. The summed E-state index contributed by atoms with van der Waals surface area (Å²) in [6, 6.07) is 14.5. The minimum Gasteiger partial charge on any atom is -0.497 e. The summed E-state index contributed by atoms with van der Waals surface area (Å²) in [7, 11) is 1.57. The van der Waals surface area contributed by atoms with Crippen molar-refractivity contribution in [1.29, 1.82) is 0 Å². The molecule has 0 aliphatic rings. The van der Waals surface area contributed by atoms with Crippen LogP contribution in [-0.4, -0.2) is 23.5 Å². The molecule has 7 heteroatoms. The minimum atomic E-state index is -1.31. The van der Waals surface area contributed by atoms with E-state index in [1.165, 1.54) is 0 Å². The summed E-state index contributed by atoms with van der Waals surface area (Å²) >= 11 is 3.40. The Bertz CT molecular complexity index is 951. The van der Waals surface area contributed by atoms with Crippen LogP contribution in [0.15, 0.2) is 57.5 Å². The van der Waals surface area contributed by atoms with Crippen LogP contribution in [0, 0.1) is 13.8 Å². The maximum Gasteiger partial charge on any atom is 0.405 e. The molecule has 1 atom stereocenters. The number of nitrogens with zero attached hydrogens (tertiary/aromatic N) is 1. The first-order valence-corrected chi connectivity index (χ1v) is 8.88. The number of carboxylic acid groups (broad SMARTS) is 1. The van der Waals surface area contributed by atoms with E-state index >= 15 is 0 Å². The average Bonchev–Trinajstić information content (AvgIpc) is 3.04. The van der Waals surface area contributed by atoms with Crippen molar-refractivity contribution in [1.82, 2.24) is 10.5 Å². The van der Waals surface area contributed by atoms with Gasteiger partial charge in [0.15, 0.2) is 5.76 Å². The van der Waals surface area contributed by atoms with Gasteiger partial charge in [-0.2, -0.15) is 0 Å². The first kappa shape index (κ1) is 19.0. The van der Waals surface area contributed by atoms with Gasteiger partial charge in [0.2, 0.25) is 0 Å². The first-order valence-electron chi connectivity index (χ1n) is 8.09. The zero-order valence-electron chi connectivity index (χ0n) is 14.8. The summed E-state index contributed by atoms with van der Waals surface area (Å²) in [5, 5.41) is 16.1. The van der Waals surface area contributed by atoms with Crippen molar-refractivity contribution in [2.24, 2.45) is 0 Å². The van der Waals surface area contributed by atoms with Crippen molar-refractivity contribution < 1.29 is 19.2 Å². The van der Waals surface area contributed by atoms with Crippen LogP contribution in [0.5, 0.6) is 5.75 Å². The normalized spacial score (nSPS) is 13.0. The number of halogens is 1. The minimum absolute atomic E-state index is 0.458. The molecule has 3 aromatic rings. The van der Waals surface area contributed by atoms with Gasteiger partial charge in [0.25, 0.3) is 0 Å². The van der Waals surface area contributed by atoms with Crippen molar-refractivity contribution in [3.05, 3.63) is 76.7 Å². The molecular formula is C20H18BrN2O4. The van der Waals surface area contributed by atoms with Crippen LogP contribution in [0.1, 0.15) is 16.8 Å². The van der Waals surface area contributed by atoms with Gasteiger partial charge in [0, 0.05) is 10.0 Å². The fourth-order valence-corrected chi connectivity index (χ4v) is 3.27. The number of amides is 1. The predicted molar refractivity (Wildman–Crippen MR) is 105 cm³/mol. The van der Waals surface area contributed by atoms with Crippen LogP contribution in [0.3, 0.4) is 0 Å². The van der Waals surface area contributed by atoms with Crippen LogP contribution in [0.25, 0.3) is 11.3 Å².